The predicted octanol–water partition coefficient (Wildman–Crippen LogP) is 3.73. The molecule has 0 bridgehead atoms. The van der Waals surface area contributed by atoms with E-state index in [0.717, 1.165) is 53.9 Å². The standard InChI is InChI=1S/C23H24N4O/c28-23(18-12-17-8-9-24-22-21(17)19(13-18)14-25-22)26-20(15-27-10-4-5-11-27)16-6-2-1-3-7-16/h1-3,6-9,12-13,20H,4-5,10-11,14-15H2,(H,24,25)(H,26,28)/t20-/m1/s1. The number of nitrogens with one attached hydrogen (secondary N) is 2. The van der Waals surface area contributed by atoms with Gasteiger partial charge in [-0.25, -0.2) is 4.98 Å². The summed E-state index contributed by atoms with van der Waals surface area (Å²) in [6.07, 6.45) is 4.28. The Morgan fingerprint density at radius 2 is 1.96 bits per heavy atom. The molecule has 2 aliphatic rings. The summed E-state index contributed by atoms with van der Waals surface area (Å²) in [5, 5.41) is 8.80. The van der Waals surface area contributed by atoms with E-state index in [-0.39, 0.29) is 11.9 Å². The Bertz CT molecular complexity index is 1010. The molecule has 2 aliphatic heterocycles. The largest absolute Gasteiger partial charge is 0.365 e. The monoisotopic (exact) mass is 372 g/mol. The molecule has 3 heterocycles. The summed E-state index contributed by atoms with van der Waals surface area (Å²) in [4.78, 5) is 20.0. The van der Waals surface area contributed by atoms with Gasteiger partial charge in [0.25, 0.3) is 5.91 Å². The van der Waals surface area contributed by atoms with Crippen molar-refractivity contribution in [2.45, 2.75) is 25.4 Å². The van der Waals surface area contributed by atoms with Crippen molar-refractivity contribution in [1.82, 2.24) is 15.2 Å². The van der Waals surface area contributed by atoms with Crippen LogP contribution < -0.4 is 10.6 Å². The van der Waals surface area contributed by atoms with Gasteiger partial charge in [-0.2, -0.15) is 0 Å². The number of carbonyl (C=O) groups is 1. The SMILES string of the molecule is O=C(N[C@H](CN1CCCC1)c1ccccc1)c1cc2c3c(nccc3c1)NC2. The Labute approximate surface area is 164 Å². The molecular formula is C23H24N4O. The zero-order valence-electron chi connectivity index (χ0n) is 15.8. The minimum atomic E-state index is -0.0172. The normalized spacial score (nSPS) is 16.9. The molecule has 1 atom stereocenters. The smallest absolute Gasteiger partial charge is 0.251 e. The lowest BCUT2D eigenvalue weighted by Gasteiger charge is -2.25. The van der Waals surface area contributed by atoms with Crippen LogP contribution in [0.3, 0.4) is 0 Å². The third-order valence-electron chi connectivity index (χ3n) is 5.80. The number of hydrogen-bond acceptors (Lipinski definition) is 4. The van der Waals surface area contributed by atoms with Gasteiger partial charge in [0.2, 0.25) is 0 Å². The average Bonchev–Trinajstić information content (AvgIpc) is 3.39. The molecule has 0 saturated carbocycles. The Hall–Kier alpha value is -2.92. The summed E-state index contributed by atoms with van der Waals surface area (Å²) in [6, 6.07) is 16.2. The maximum atomic E-state index is 13.2. The van der Waals surface area contributed by atoms with E-state index in [1.54, 1.807) is 6.20 Å². The van der Waals surface area contributed by atoms with Gasteiger partial charge in [0, 0.05) is 30.2 Å². The molecule has 3 aromatic rings. The molecule has 5 heteroatoms. The number of nitrogens with zero attached hydrogens (tertiary/aromatic N) is 2. The van der Waals surface area contributed by atoms with Crippen LogP contribution in [0.15, 0.2) is 54.7 Å². The summed E-state index contributed by atoms with van der Waals surface area (Å²) in [5.74, 6) is 0.895. The molecule has 5 nitrogen and oxygen atoms in total. The number of rotatable bonds is 5. The van der Waals surface area contributed by atoms with Gasteiger partial charge in [0.1, 0.15) is 5.82 Å². The summed E-state index contributed by atoms with van der Waals surface area (Å²) < 4.78 is 0. The molecule has 1 aromatic heterocycles. The van der Waals surface area contributed by atoms with Gasteiger partial charge in [0.15, 0.2) is 0 Å². The maximum absolute atomic E-state index is 13.2. The number of anilines is 1. The van der Waals surface area contributed by atoms with Crippen LogP contribution in [0.5, 0.6) is 0 Å². The molecule has 1 saturated heterocycles. The summed E-state index contributed by atoms with van der Waals surface area (Å²) in [6.45, 7) is 3.80. The van der Waals surface area contributed by atoms with Gasteiger partial charge in [-0.3, -0.25) is 4.79 Å². The van der Waals surface area contributed by atoms with Crippen molar-refractivity contribution in [2.24, 2.45) is 0 Å². The Balaban J connectivity index is 1.43. The molecule has 1 fully saturated rings. The predicted molar refractivity (Wildman–Crippen MR) is 111 cm³/mol. The quantitative estimate of drug-likeness (QED) is 0.717. The topological polar surface area (TPSA) is 57.3 Å². The highest BCUT2D eigenvalue weighted by atomic mass is 16.1. The molecule has 1 amide bonds. The fourth-order valence-corrected chi connectivity index (χ4v) is 4.37. The number of hydrogen-bond donors (Lipinski definition) is 2. The van der Waals surface area contributed by atoms with Gasteiger partial charge in [0.05, 0.1) is 6.04 Å². The first kappa shape index (κ1) is 17.2. The van der Waals surface area contributed by atoms with Crippen LogP contribution >= 0.6 is 0 Å². The van der Waals surface area contributed by atoms with Gasteiger partial charge in [-0.15, -0.1) is 0 Å². The molecule has 28 heavy (non-hydrogen) atoms. The zero-order chi connectivity index (χ0) is 18.9. The molecule has 5 rings (SSSR count). The van der Waals surface area contributed by atoms with Gasteiger partial charge < -0.3 is 15.5 Å². The van der Waals surface area contributed by atoms with Crippen molar-refractivity contribution in [3.8, 4) is 0 Å². The van der Waals surface area contributed by atoms with E-state index < -0.39 is 0 Å². The van der Waals surface area contributed by atoms with E-state index in [9.17, 15) is 4.79 Å². The number of benzene rings is 2. The van der Waals surface area contributed by atoms with Gasteiger partial charge in [-0.05, 0) is 60.6 Å². The van der Waals surface area contributed by atoms with Crippen LogP contribution in [0, 0.1) is 0 Å². The fourth-order valence-electron chi connectivity index (χ4n) is 4.37. The van der Waals surface area contributed by atoms with E-state index in [2.05, 4.69) is 32.7 Å². The summed E-state index contributed by atoms with van der Waals surface area (Å²) >= 11 is 0. The van der Waals surface area contributed by atoms with Crippen LogP contribution in [0.25, 0.3) is 10.8 Å². The molecule has 0 aliphatic carbocycles. The van der Waals surface area contributed by atoms with E-state index in [0.29, 0.717) is 5.56 Å². The lowest BCUT2D eigenvalue weighted by molar-refractivity contribution is 0.0927. The van der Waals surface area contributed by atoms with Gasteiger partial charge in [-0.1, -0.05) is 30.3 Å². The highest BCUT2D eigenvalue weighted by molar-refractivity contribution is 6.04. The van der Waals surface area contributed by atoms with E-state index in [4.69, 9.17) is 0 Å². The molecule has 0 spiro atoms. The number of carbonyl (C=O) groups excluding carboxylic acids is 1. The lowest BCUT2D eigenvalue weighted by atomic mass is 10.0. The minimum Gasteiger partial charge on any atom is -0.365 e. The Morgan fingerprint density at radius 3 is 2.79 bits per heavy atom. The first-order valence-corrected chi connectivity index (χ1v) is 10.0. The molecule has 2 aromatic carbocycles. The summed E-state index contributed by atoms with van der Waals surface area (Å²) in [5.41, 5.74) is 3.01. The number of pyridine rings is 1. The van der Waals surface area contributed by atoms with Crippen LogP contribution in [-0.4, -0.2) is 35.4 Å². The van der Waals surface area contributed by atoms with Crippen molar-refractivity contribution >= 4 is 22.5 Å². The molecule has 142 valence electrons. The van der Waals surface area contributed by atoms with Crippen molar-refractivity contribution in [1.29, 1.82) is 0 Å². The van der Waals surface area contributed by atoms with Crippen LogP contribution in [-0.2, 0) is 6.54 Å². The van der Waals surface area contributed by atoms with E-state index >= 15 is 0 Å². The minimum absolute atomic E-state index is 0.0119. The van der Waals surface area contributed by atoms with Crippen molar-refractivity contribution in [2.75, 3.05) is 25.0 Å². The second-order valence-corrected chi connectivity index (χ2v) is 7.69. The Morgan fingerprint density at radius 1 is 1.14 bits per heavy atom. The molecule has 0 radical (unpaired) electrons. The Kier molecular flexibility index (Phi) is 4.45. The number of aromatic nitrogens is 1. The summed E-state index contributed by atoms with van der Waals surface area (Å²) in [7, 11) is 0. The van der Waals surface area contributed by atoms with Crippen molar-refractivity contribution in [3.05, 3.63) is 71.4 Å². The second-order valence-electron chi connectivity index (χ2n) is 7.69. The highest BCUT2D eigenvalue weighted by Crippen LogP contribution is 2.32. The van der Waals surface area contributed by atoms with Crippen LogP contribution in [0.1, 0.15) is 40.4 Å². The van der Waals surface area contributed by atoms with Gasteiger partial charge >= 0.3 is 0 Å². The zero-order valence-corrected chi connectivity index (χ0v) is 15.8. The highest BCUT2D eigenvalue weighted by Gasteiger charge is 2.23. The second kappa shape index (κ2) is 7.24. The maximum Gasteiger partial charge on any atom is 0.251 e. The first-order chi connectivity index (χ1) is 13.8. The van der Waals surface area contributed by atoms with Crippen LogP contribution in [0.2, 0.25) is 0 Å². The third-order valence-corrected chi connectivity index (χ3v) is 5.80. The average molecular weight is 372 g/mol. The van der Waals surface area contributed by atoms with Crippen LogP contribution in [0.4, 0.5) is 5.82 Å². The molecular weight excluding hydrogens is 348 g/mol. The molecule has 0 unspecified atom stereocenters. The van der Waals surface area contributed by atoms with E-state index in [1.165, 1.54) is 12.8 Å². The number of likely N-dealkylation sites (tertiary alicyclic amines) is 1. The van der Waals surface area contributed by atoms with Crippen molar-refractivity contribution < 1.29 is 4.79 Å². The fraction of sp³-hybridized carbons (Fsp3) is 0.304. The lowest BCUT2D eigenvalue weighted by Crippen LogP contribution is -2.37. The molecule has 2 N–H and O–H groups in total. The first-order valence-electron chi connectivity index (χ1n) is 10.0. The van der Waals surface area contributed by atoms with Crippen molar-refractivity contribution in [3.63, 3.8) is 0 Å². The van der Waals surface area contributed by atoms with E-state index in [1.807, 2.05) is 36.4 Å². The third kappa shape index (κ3) is 3.22. The number of amides is 1.